The number of aliphatic carboxylic acids is 1. The van der Waals surface area contributed by atoms with Crippen molar-refractivity contribution < 1.29 is 30.0 Å². The number of benzene rings is 2. The highest BCUT2D eigenvalue weighted by Gasteiger charge is 2.66. The fourth-order valence-corrected chi connectivity index (χ4v) is 12.4. The van der Waals surface area contributed by atoms with Crippen molar-refractivity contribution in [2.24, 2.45) is 46.3 Å². The lowest BCUT2D eigenvalue weighted by atomic mass is 9.42. The average Bonchev–Trinajstić information content (AvgIpc) is 3.48. The van der Waals surface area contributed by atoms with Crippen molar-refractivity contribution in [3.05, 3.63) is 70.9 Å². The zero-order chi connectivity index (χ0) is 37.9. The molecule has 11 atom stereocenters. The number of aliphatic hydroxyl groups excluding tert-OH is 2. The van der Waals surface area contributed by atoms with Crippen LogP contribution in [-0.2, 0) is 17.8 Å². The largest absolute Gasteiger partial charge is 0.481 e. The number of aromatic nitrogens is 1. The van der Waals surface area contributed by atoms with E-state index in [1.807, 2.05) is 31.2 Å². The Kier molecular flexibility index (Phi) is 10.3. The Morgan fingerprint density at radius 2 is 1.75 bits per heavy atom. The lowest BCUT2D eigenvalue weighted by molar-refractivity contribution is -0.216. The first-order valence-electron chi connectivity index (χ1n) is 20.2. The Morgan fingerprint density at radius 3 is 2.51 bits per heavy atom. The molecule has 4 fully saturated rings. The number of aryl methyl sites for hydroxylation is 2. The Bertz CT molecular complexity index is 1860. The van der Waals surface area contributed by atoms with Crippen molar-refractivity contribution in [2.75, 3.05) is 5.32 Å². The van der Waals surface area contributed by atoms with Crippen molar-refractivity contribution >= 4 is 28.3 Å². The minimum Gasteiger partial charge on any atom is -0.481 e. The van der Waals surface area contributed by atoms with Gasteiger partial charge < -0.3 is 25.7 Å². The van der Waals surface area contributed by atoms with Gasteiger partial charge in [-0.3, -0.25) is 14.6 Å². The summed E-state index contributed by atoms with van der Waals surface area (Å²) in [5.41, 5.74) is 4.11. The summed E-state index contributed by atoms with van der Waals surface area (Å²) >= 11 is 0. The van der Waals surface area contributed by atoms with E-state index >= 15 is 0 Å². The number of nitrogens with one attached hydrogen (secondary N) is 1. The number of ketones is 1. The number of hydrogen-bond donors (Lipinski definition) is 5. The molecule has 7 unspecified atom stereocenters. The summed E-state index contributed by atoms with van der Waals surface area (Å²) in [7, 11) is 0. The third kappa shape index (κ3) is 6.82. The van der Waals surface area contributed by atoms with E-state index in [4.69, 9.17) is 0 Å². The maximum absolute atomic E-state index is 12.7. The molecule has 5 N–H and O–H groups in total. The first-order valence-corrected chi connectivity index (χ1v) is 20.2. The highest BCUT2D eigenvalue weighted by molar-refractivity contribution is 6.08. The molecule has 0 aliphatic heterocycles. The van der Waals surface area contributed by atoms with Gasteiger partial charge in [0.2, 0.25) is 0 Å². The van der Waals surface area contributed by atoms with Crippen LogP contribution in [0, 0.1) is 53.3 Å². The topological polar surface area (TPSA) is 140 Å². The van der Waals surface area contributed by atoms with Crippen molar-refractivity contribution in [3.8, 4) is 0 Å². The van der Waals surface area contributed by atoms with Gasteiger partial charge in [0.1, 0.15) is 0 Å². The minimum atomic E-state index is -0.811. The average molecular weight is 725 g/mol. The van der Waals surface area contributed by atoms with Crippen LogP contribution in [0.3, 0.4) is 0 Å². The van der Waals surface area contributed by atoms with Crippen molar-refractivity contribution in [1.82, 2.24) is 4.98 Å². The molecule has 1 heterocycles. The molecule has 4 saturated carbocycles. The number of fused-ring (bicyclic) bond motifs is 6. The number of anilines is 1. The number of hydrogen-bond acceptors (Lipinski definition) is 7. The molecule has 8 nitrogen and oxygen atoms in total. The van der Waals surface area contributed by atoms with E-state index in [2.05, 4.69) is 55.3 Å². The molecule has 4 aliphatic rings. The van der Waals surface area contributed by atoms with E-state index < -0.39 is 23.8 Å². The number of para-hydroxylation sites is 1. The molecule has 0 bridgehead atoms. The van der Waals surface area contributed by atoms with E-state index in [0.717, 1.165) is 60.0 Å². The van der Waals surface area contributed by atoms with Gasteiger partial charge in [-0.1, -0.05) is 63.2 Å². The smallest absolute Gasteiger partial charge is 0.303 e. The molecular formula is C45H60N2O6. The van der Waals surface area contributed by atoms with Gasteiger partial charge in [-0.25, -0.2) is 0 Å². The zero-order valence-corrected chi connectivity index (χ0v) is 32.3. The molecule has 0 spiro atoms. The minimum absolute atomic E-state index is 0.0141. The number of carboxylic acids is 1. The van der Waals surface area contributed by atoms with Crippen molar-refractivity contribution in [3.63, 3.8) is 0 Å². The molecule has 286 valence electrons. The first-order chi connectivity index (χ1) is 25.1. The SMILES string of the molecule is CC(=O)c1c(C)nc2ccccc2c1NCc1cccc(CCC2(O)CC[C@@]3(C)C(CC(O)C4C3CC(O)[C@@]3(C)C4CC[C@@H]3[C@H](C)CCC(=O)O)C2)c1. The summed E-state index contributed by atoms with van der Waals surface area (Å²) in [6.07, 6.45) is 6.83. The summed E-state index contributed by atoms with van der Waals surface area (Å²) in [6, 6.07) is 16.4. The quantitative estimate of drug-likeness (QED) is 0.125. The van der Waals surface area contributed by atoms with E-state index in [9.17, 15) is 30.0 Å². The van der Waals surface area contributed by atoms with Crippen molar-refractivity contribution in [2.45, 2.75) is 130 Å². The molecule has 7 rings (SSSR count). The van der Waals surface area contributed by atoms with Crippen molar-refractivity contribution in [1.29, 1.82) is 0 Å². The van der Waals surface area contributed by atoms with E-state index in [-0.39, 0.29) is 58.5 Å². The maximum Gasteiger partial charge on any atom is 0.303 e. The fraction of sp³-hybridized carbons (Fsp3) is 0.622. The monoisotopic (exact) mass is 724 g/mol. The van der Waals surface area contributed by atoms with Crippen LogP contribution in [0.2, 0.25) is 0 Å². The molecule has 3 aromatic rings. The number of carbonyl (C=O) groups excluding carboxylic acids is 1. The van der Waals surface area contributed by atoms with Crippen LogP contribution in [0.15, 0.2) is 48.5 Å². The normalized spacial score (nSPS) is 35.6. The Labute approximate surface area is 314 Å². The molecule has 53 heavy (non-hydrogen) atoms. The van der Waals surface area contributed by atoms with Gasteiger partial charge in [0.05, 0.1) is 40.3 Å². The van der Waals surface area contributed by atoms with Gasteiger partial charge in [0, 0.05) is 18.4 Å². The summed E-state index contributed by atoms with van der Waals surface area (Å²) in [5, 5.41) is 49.7. The number of pyridine rings is 1. The van der Waals surface area contributed by atoms with Gasteiger partial charge in [-0.2, -0.15) is 0 Å². The molecule has 8 heteroatoms. The van der Waals surface area contributed by atoms with Gasteiger partial charge in [0.15, 0.2) is 5.78 Å². The summed E-state index contributed by atoms with van der Waals surface area (Å²) in [4.78, 5) is 28.7. The van der Waals surface area contributed by atoms with E-state index in [1.54, 1.807) is 6.92 Å². The van der Waals surface area contributed by atoms with Crippen LogP contribution in [0.5, 0.6) is 0 Å². The molecule has 0 amide bonds. The maximum atomic E-state index is 12.7. The lowest BCUT2D eigenvalue weighted by Gasteiger charge is -2.64. The number of carboxylic acid groups (broad SMARTS) is 1. The van der Waals surface area contributed by atoms with Crippen LogP contribution in [0.1, 0.15) is 119 Å². The number of Topliss-reactive ketones (excluding diaryl/α,β-unsaturated/α-hetero) is 1. The highest BCUT2D eigenvalue weighted by atomic mass is 16.4. The van der Waals surface area contributed by atoms with E-state index in [1.165, 1.54) is 5.56 Å². The number of rotatable bonds is 11. The van der Waals surface area contributed by atoms with Crippen LogP contribution in [0.25, 0.3) is 10.9 Å². The second-order valence-corrected chi connectivity index (χ2v) is 18.1. The Hall–Kier alpha value is -3.33. The molecule has 0 radical (unpaired) electrons. The third-order valence-corrected chi connectivity index (χ3v) is 15.3. The second-order valence-electron chi connectivity index (χ2n) is 18.1. The zero-order valence-electron chi connectivity index (χ0n) is 32.3. The van der Waals surface area contributed by atoms with Gasteiger partial charge in [-0.15, -0.1) is 0 Å². The van der Waals surface area contributed by atoms with Crippen LogP contribution in [0.4, 0.5) is 5.69 Å². The summed E-state index contributed by atoms with van der Waals surface area (Å²) in [5.74, 6) is 0.425. The first kappa shape index (κ1) is 38.0. The van der Waals surface area contributed by atoms with E-state index in [0.29, 0.717) is 44.2 Å². The van der Waals surface area contributed by atoms with Gasteiger partial charge >= 0.3 is 5.97 Å². The third-order valence-electron chi connectivity index (χ3n) is 15.3. The van der Waals surface area contributed by atoms with Gasteiger partial charge in [-0.05, 0) is 142 Å². The molecule has 4 aliphatic carbocycles. The predicted octanol–water partition coefficient (Wildman–Crippen LogP) is 8.12. The fourth-order valence-electron chi connectivity index (χ4n) is 12.4. The number of nitrogens with zero attached hydrogens (tertiary/aromatic N) is 1. The second kappa shape index (κ2) is 14.4. The summed E-state index contributed by atoms with van der Waals surface area (Å²) in [6.45, 7) is 10.8. The Balaban J connectivity index is 1.01. The molecular weight excluding hydrogens is 665 g/mol. The predicted molar refractivity (Wildman–Crippen MR) is 208 cm³/mol. The van der Waals surface area contributed by atoms with Crippen LogP contribution in [-0.4, -0.2) is 55.0 Å². The van der Waals surface area contributed by atoms with Crippen LogP contribution < -0.4 is 5.32 Å². The number of aliphatic hydroxyl groups is 3. The summed E-state index contributed by atoms with van der Waals surface area (Å²) < 4.78 is 0. The van der Waals surface area contributed by atoms with Gasteiger partial charge in [0.25, 0.3) is 0 Å². The number of carbonyl (C=O) groups is 2. The molecule has 2 aromatic carbocycles. The molecule has 1 aromatic heterocycles. The lowest BCUT2D eigenvalue weighted by Crippen LogP contribution is -2.63. The molecule has 0 saturated heterocycles. The Morgan fingerprint density at radius 1 is 1.00 bits per heavy atom. The van der Waals surface area contributed by atoms with Crippen LogP contribution >= 0.6 is 0 Å². The standard InChI is InChI=1S/C45H60N2O6/c1-26(13-16-39(51)52)33-14-15-34-41-35(23-38(50)44(33,34)5)43(4)19-20-45(53,24-31(43)22-37(41)49)18-17-29-9-8-10-30(21-29)25-46-42-32-11-6-7-12-36(32)47-27(2)40(42)28(3)48/h6-12,21,26,31,33-35,37-38,41,49-50,53H,13-20,22-25H2,1-5H3,(H,46,47)(H,51,52)/t26-,31?,33-,34?,35?,37?,38?,41?,43+,44-,45?/m1/s1. The highest BCUT2D eigenvalue weighted by Crippen LogP contribution is 2.69.